The molecule has 0 aromatic heterocycles. The highest BCUT2D eigenvalue weighted by atomic mass is 16.5. The Morgan fingerprint density at radius 1 is 1.50 bits per heavy atom. The molecular weight excluding hydrogens is 176 g/mol. The first kappa shape index (κ1) is 9.34. The second-order valence-corrected chi connectivity index (χ2v) is 3.60. The molecule has 3 nitrogen and oxygen atoms in total. The summed E-state index contributed by atoms with van der Waals surface area (Å²) in [6, 6.07) is 4.52. The summed E-state index contributed by atoms with van der Waals surface area (Å²) in [6.07, 6.45) is 0. The summed E-state index contributed by atoms with van der Waals surface area (Å²) >= 11 is 0. The summed E-state index contributed by atoms with van der Waals surface area (Å²) in [6.45, 7) is 3.07. The Balaban J connectivity index is 2.52. The number of anilines is 1. The molecular formula is C11H16N2O. The van der Waals surface area contributed by atoms with E-state index in [0.29, 0.717) is 6.04 Å². The molecule has 1 aliphatic rings. The second kappa shape index (κ2) is 3.50. The highest BCUT2D eigenvalue weighted by Crippen LogP contribution is 2.39. The first-order chi connectivity index (χ1) is 6.77. The van der Waals surface area contributed by atoms with Crippen LogP contribution < -0.4 is 15.4 Å². The van der Waals surface area contributed by atoms with Crippen molar-refractivity contribution in [2.45, 2.75) is 13.0 Å². The summed E-state index contributed by atoms with van der Waals surface area (Å²) in [5.74, 6) is 0.934. The van der Waals surface area contributed by atoms with Crippen LogP contribution in [0.3, 0.4) is 0 Å². The number of methoxy groups -OCH3 is 1. The second-order valence-electron chi connectivity index (χ2n) is 3.60. The molecule has 76 valence electrons. The maximum atomic E-state index is 5.31. The Morgan fingerprint density at radius 3 is 2.93 bits per heavy atom. The molecule has 0 saturated carbocycles. The van der Waals surface area contributed by atoms with Crippen molar-refractivity contribution in [1.29, 1.82) is 0 Å². The number of ether oxygens (including phenoxy) is 1. The van der Waals surface area contributed by atoms with Gasteiger partial charge >= 0.3 is 0 Å². The molecule has 1 aliphatic heterocycles. The SMILES string of the molecule is CNC1CNc2c(OC)ccc(C)c21. The number of rotatable bonds is 2. The van der Waals surface area contributed by atoms with E-state index in [9.17, 15) is 0 Å². The zero-order valence-electron chi connectivity index (χ0n) is 8.85. The van der Waals surface area contributed by atoms with Gasteiger partial charge in [-0.2, -0.15) is 0 Å². The minimum atomic E-state index is 0.403. The third kappa shape index (κ3) is 1.24. The fraction of sp³-hybridized carbons (Fsp3) is 0.455. The van der Waals surface area contributed by atoms with Crippen LogP contribution in [0.5, 0.6) is 5.75 Å². The molecule has 0 bridgehead atoms. The lowest BCUT2D eigenvalue weighted by Gasteiger charge is -2.12. The Labute approximate surface area is 84.5 Å². The standard InChI is InChI=1S/C11H16N2O/c1-7-4-5-9(14-3)11-10(7)8(12-2)6-13-11/h4-5,8,12-13H,6H2,1-3H3. The third-order valence-corrected chi connectivity index (χ3v) is 2.83. The van der Waals surface area contributed by atoms with Gasteiger partial charge in [0.25, 0.3) is 0 Å². The summed E-state index contributed by atoms with van der Waals surface area (Å²) in [5.41, 5.74) is 3.80. The van der Waals surface area contributed by atoms with Crippen LogP contribution in [0.15, 0.2) is 12.1 Å². The van der Waals surface area contributed by atoms with Gasteiger partial charge in [-0.3, -0.25) is 0 Å². The third-order valence-electron chi connectivity index (χ3n) is 2.83. The van der Waals surface area contributed by atoms with Crippen LogP contribution in [-0.4, -0.2) is 20.7 Å². The lowest BCUT2D eigenvalue weighted by molar-refractivity contribution is 0.416. The normalized spacial score (nSPS) is 18.9. The first-order valence-corrected chi connectivity index (χ1v) is 4.86. The first-order valence-electron chi connectivity index (χ1n) is 4.86. The average Bonchev–Trinajstić information content (AvgIpc) is 2.63. The van der Waals surface area contributed by atoms with Gasteiger partial charge in [0.1, 0.15) is 5.75 Å². The van der Waals surface area contributed by atoms with Crippen LogP contribution >= 0.6 is 0 Å². The minimum Gasteiger partial charge on any atom is -0.495 e. The molecule has 1 unspecified atom stereocenters. The Morgan fingerprint density at radius 2 is 2.29 bits per heavy atom. The summed E-state index contributed by atoms with van der Waals surface area (Å²) in [5, 5.41) is 6.67. The summed E-state index contributed by atoms with van der Waals surface area (Å²) in [4.78, 5) is 0. The molecule has 0 spiro atoms. The van der Waals surface area contributed by atoms with Crippen molar-refractivity contribution in [3.8, 4) is 5.75 Å². The van der Waals surface area contributed by atoms with Crippen molar-refractivity contribution in [1.82, 2.24) is 5.32 Å². The highest BCUT2D eigenvalue weighted by Gasteiger charge is 2.25. The maximum Gasteiger partial charge on any atom is 0.142 e. The van der Waals surface area contributed by atoms with E-state index < -0.39 is 0 Å². The maximum absolute atomic E-state index is 5.31. The number of aryl methyl sites for hydroxylation is 1. The van der Waals surface area contributed by atoms with Gasteiger partial charge in [-0.05, 0) is 25.6 Å². The van der Waals surface area contributed by atoms with E-state index in [-0.39, 0.29) is 0 Å². The Hall–Kier alpha value is -1.22. The lowest BCUT2D eigenvalue weighted by atomic mass is 10.0. The van der Waals surface area contributed by atoms with E-state index in [1.165, 1.54) is 11.1 Å². The van der Waals surface area contributed by atoms with Crippen molar-refractivity contribution in [2.75, 3.05) is 26.0 Å². The van der Waals surface area contributed by atoms with Gasteiger partial charge in [-0.15, -0.1) is 0 Å². The van der Waals surface area contributed by atoms with Crippen LogP contribution in [0.25, 0.3) is 0 Å². The molecule has 3 heteroatoms. The quantitative estimate of drug-likeness (QED) is 0.748. The van der Waals surface area contributed by atoms with Gasteiger partial charge < -0.3 is 15.4 Å². The van der Waals surface area contributed by atoms with E-state index in [0.717, 1.165) is 18.0 Å². The van der Waals surface area contributed by atoms with E-state index in [4.69, 9.17) is 4.74 Å². The molecule has 1 heterocycles. The molecule has 0 amide bonds. The number of hydrogen-bond acceptors (Lipinski definition) is 3. The molecule has 2 rings (SSSR count). The number of benzene rings is 1. The van der Waals surface area contributed by atoms with Gasteiger partial charge in [0.05, 0.1) is 18.8 Å². The van der Waals surface area contributed by atoms with Gasteiger partial charge in [0, 0.05) is 12.1 Å². The lowest BCUT2D eigenvalue weighted by Crippen LogP contribution is -2.18. The number of hydrogen-bond donors (Lipinski definition) is 2. The van der Waals surface area contributed by atoms with Crippen LogP contribution in [0.2, 0.25) is 0 Å². The van der Waals surface area contributed by atoms with Crippen LogP contribution in [0, 0.1) is 6.92 Å². The average molecular weight is 192 g/mol. The zero-order chi connectivity index (χ0) is 10.1. The smallest absolute Gasteiger partial charge is 0.142 e. The van der Waals surface area contributed by atoms with Gasteiger partial charge in [0.15, 0.2) is 0 Å². The number of fused-ring (bicyclic) bond motifs is 1. The number of likely N-dealkylation sites (N-methyl/N-ethyl adjacent to an activating group) is 1. The molecule has 0 aliphatic carbocycles. The van der Waals surface area contributed by atoms with Gasteiger partial charge in [0.2, 0.25) is 0 Å². The van der Waals surface area contributed by atoms with Crippen molar-refractivity contribution >= 4 is 5.69 Å². The van der Waals surface area contributed by atoms with Gasteiger partial charge in [-0.25, -0.2) is 0 Å². The predicted molar refractivity (Wildman–Crippen MR) is 58.0 cm³/mol. The van der Waals surface area contributed by atoms with E-state index in [2.05, 4.69) is 23.6 Å². The molecule has 1 aromatic rings. The fourth-order valence-electron chi connectivity index (χ4n) is 2.06. The summed E-state index contributed by atoms with van der Waals surface area (Å²) in [7, 11) is 3.69. The van der Waals surface area contributed by atoms with Crippen LogP contribution in [0.1, 0.15) is 17.2 Å². The van der Waals surface area contributed by atoms with Crippen molar-refractivity contribution in [3.63, 3.8) is 0 Å². The molecule has 14 heavy (non-hydrogen) atoms. The summed E-state index contributed by atoms with van der Waals surface area (Å²) < 4.78 is 5.31. The van der Waals surface area contributed by atoms with E-state index in [1.807, 2.05) is 13.1 Å². The van der Waals surface area contributed by atoms with Crippen molar-refractivity contribution in [3.05, 3.63) is 23.3 Å². The minimum absolute atomic E-state index is 0.403. The molecule has 0 saturated heterocycles. The monoisotopic (exact) mass is 192 g/mol. The Kier molecular flexibility index (Phi) is 2.33. The Bertz CT molecular complexity index is 349. The molecule has 0 radical (unpaired) electrons. The zero-order valence-corrected chi connectivity index (χ0v) is 8.85. The van der Waals surface area contributed by atoms with E-state index in [1.54, 1.807) is 7.11 Å². The molecule has 1 atom stereocenters. The van der Waals surface area contributed by atoms with E-state index >= 15 is 0 Å². The fourth-order valence-corrected chi connectivity index (χ4v) is 2.06. The largest absolute Gasteiger partial charge is 0.495 e. The van der Waals surface area contributed by atoms with Crippen LogP contribution in [-0.2, 0) is 0 Å². The van der Waals surface area contributed by atoms with Crippen LogP contribution in [0.4, 0.5) is 5.69 Å². The van der Waals surface area contributed by atoms with Crippen molar-refractivity contribution in [2.24, 2.45) is 0 Å². The number of nitrogens with one attached hydrogen (secondary N) is 2. The molecule has 0 fully saturated rings. The predicted octanol–water partition coefficient (Wildman–Crippen LogP) is 1.69. The molecule has 2 N–H and O–H groups in total. The highest BCUT2D eigenvalue weighted by molar-refractivity contribution is 5.68. The molecule has 1 aromatic carbocycles. The van der Waals surface area contributed by atoms with Crippen molar-refractivity contribution < 1.29 is 4.74 Å². The topological polar surface area (TPSA) is 33.3 Å². The van der Waals surface area contributed by atoms with Gasteiger partial charge in [-0.1, -0.05) is 6.07 Å².